The van der Waals surface area contributed by atoms with Crippen LogP contribution in [0.25, 0.3) is 0 Å². The van der Waals surface area contributed by atoms with Crippen molar-refractivity contribution in [1.82, 2.24) is 4.90 Å². The molecule has 0 aliphatic heterocycles. The maximum atomic E-state index is 12.6. The highest BCUT2D eigenvalue weighted by atomic mass is 79.9. The van der Waals surface area contributed by atoms with Gasteiger partial charge >= 0.3 is 0 Å². The Hall–Kier alpha value is -0.540. The number of carbonyl (C=O) groups excluding carboxylic acids is 1. The molecule has 2 nitrogen and oxygen atoms in total. The van der Waals surface area contributed by atoms with Crippen molar-refractivity contribution in [2.24, 2.45) is 11.8 Å². The van der Waals surface area contributed by atoms with Gasteiger partial charge in [0.05, 0.1) is 5.02 Å². The summed E-state index contributed by atoms with van der Waals surface area (Å²) in [7, 11) is 0. The van der Waals surface area contributed by atoms with Gasteiger partial charge in [-0.15, -0.1) is 0 Å². The van der Waals surface area contributed by atoms with Crippen LogP contribution in [0.4, 0.5) is 0 Å². The smallest absolute Gasteiger partial charge is 0.253 e. The molecule has 0 spiro atoms. The first-order chi connectivity index (χ1) is 9.13. The Bertz CT molecular complexity index is 483. The lowest BCUT2D eigenvalue weighted by Gasteiger charge is -2.23. The van der Waals surface area contributed by atoms with Crippen molar-refractivity contribution in [3.63, 3.8) is 0 Å². The van der Waals surface area contributed by atoms with Crippen LogP contribution in [0.15, 0.2) is 22.7 Å². The van der Waals surface area contributed by atoms with Crippen LogP contribution >= 0.6 is 27.5 Å². The number of halogens is 2. The Morgan fingerprint density at radius 2 is 1.79 bits per heavy atom. The molecular formula is C15H17BrClNO. The Balaban J connectivity index is 1.74. The predicted molar refractivity (Wildman–Crippen MR) is 80.5 cm³/mol. The fraction of sp³-hybridized carbons (Fsp3) is 0.533. The Morgan fingerprint density at radius 1 is 1.21 bits per heavy atom. The lowest BCUT2D eigenvalue weighted by Crippen LogP contribution is -2.34. The second-order valence-corrected chi connectivity index (χ2v) is 6.99. The van der Waals surface area contributed by atoms with E-state index in [2.05, 4.69) is 15.9 Å². The van der Waals surface area contributed by atoms with Crippen molar-refractivity contribution in [3.8, 4) is 0 Å². The van der Waals surface area contributed by atoms with E-state index in [-0.39, 0.29) is 5.91 Å². The normalized spacial score (nSPS) is 18.4. The molecule has 0 N–H and O–H groups in total. The van der Waals surface area contributed by atoms with Crippen LogP contribution in [0, 0.1) is 11.8 Å². The van der Waals surface area contributed by atoms with Gasteiger partial charge in [-0.25, -0.2) is 0 Å². The maximum absolute atomic E-state index is 12.6. The van der Waals surface area contributed by atoms with Gasteiger partial charge in [0.25, 0.3) is 5.91 Å². The zero-order valence-electron chi connectivity index (χ0n) is 10.7. The first kappa shape index (κ1) is 13.4. The standard InChI is InChI=1S/C15H17BrClNO/c16-13-6-5-12(7-14(13)17)15(19)18(8-10-1-2-10)9-11-3-4-11/h5-7,10-11H,1-4,8-9H2. The predicted octanol–water partition coefficient (Wildman–Crippen LogP) is 4.36. The zero-order valence-corrected chi connectivity index (χ0v) is 13.1. The van der Waals surface area contributed by atoms with Crippen molar-refractivity contribution in [2.75, 3.05) is 13.1 Å². The van der Waals surface area contributed by atoms with E-state index in [1.54, 1.807) is 6.07 Å². The van der Waals surface area contributed by atoms with E-state index >= 15 is 0 Å². The molecule has 0 bridgehead atoms. The molecule has 2 aliphatic rings. The molecule has 2 saturated carbocycles. The zero-order chi connectivity index (χ0) is 13.4. The molecule has 1 aromatic carbocycles. The summed E-state index contributed by atoms with van der Waals surface area (Å²) in [6.45, 7) is 1.84. The van der Waals surface area contributed by atoms with Crippen LogP contribution in [0.3, 0.4) is 0 Å². The molecule has 2 aliphatic carbocycles. The van der Waals surface area contributed by atoms with E-state index in [9.17, 15) is 4.79 Å². The second-order valence-electron chi connectivity index (χ2n) is 5.73. The van der Waals surface area contributed by atoms with Gasteiger partial charge in [0.15, 0.2) is 0 Å². The highest BCUT2D eigenvalue weighted by Crippen LogP contribution is 2.34. The maximum Gasteiger partial charge on any atom is 0.253 e. The van der Waals surface area contributed by atoms with Gasteiger partial charge in [-0.05, 0) is 71.6 Å². The number of benzene rings is 1. The van der Waals surface area contributed by atoms with Gasteiger partial charge in [-0.1, -0.05) is 11.6 Å². The molecular weight excluding hydrogens is 326 g/mol. The topological polar surface area (TPSA) is 20.3 Å². The van der Waals surface area contributed by atoms with Crippen molar-refractivity contribution in [3.05, 3.63) is 33.3 Å². The van der Waals surface area contributed by atoms with Crippen LogP contribution < -0.4 is 0 Å². The summed E-state index contributed by atoms with van der Waals surface area (Å²) in [4.78, 5) is 14.6. The van der Waals surface area contributed by atoms with Crippen LogP contribution in [0.5, 0.6) is 0 Å². The Kier molecular flexibility index (Phi) is 3.86. The molecule has 1 amide bonds. The van der Waals surface area contributed by atoms with Crippen LogP contribution in [0.1, 0.15) is 36.0 Å². The van der Waals surface area contributed by atoms with Gasteiger partial charge in [-0.2, -0.15) is 0 Å². The largest absolute Gasteiger partial charge is 0.338 e. The minimum atomic E-state index is 0.133. The first-order valence-electron chi connectivity index (χ1n) is 6.88. The number of hydrogen-bond donors (Lipinski definition) is 0. The SMILES string of the molecule is O=C(c1ccc(Br)c(Cl)c1)N(CC1CC1)CC1CC1. The lowest BCUT2D eigenvalue weighted by molar-refractivity contribution is 0.0739. The van der Waals surface area contributed by atoms with E-state index in [0.29, 0.717) is 10.6 Å². The van der Waals surface area contributed by atoms with Crippen molar-refractivity contribution in [1.29, 1.82) is 0 Å². The molecule has 0 aromatic heterocycles. The quantitative estimate of drug-likeness (QED) is 0.778. The number of amides is 1. The van der Waals surface area contributed by atoms with E-state index in [4.69, 9.17) is 11.6 Å². The first-order valence-corrected chi connectivity index (χ1v) is 8.05. The minimum Gasteiger partial charge on any atom is -0.338 e. The van der Waals surface area contributed by atoms with Crippen LogP contribution in [0.2, 0.25) is 5.02 Å². The number of nitrogens with zero attached hydrogens (tertiary/aromatic N) is 1. The number of rotatable bonds is 5. The lowest BCUT2D eigenvalue weighted by atomic mass is 10.2. The fourth-order valence-electron chi connectivity index (χ4n) is 2.28. The van der Waals surface area contributed by atoms with Crippen molar-refractivity contribution >= 4 is 33.4 Å². The highest BCUT2D eigenvalue weighted by molar-refractivity contribution is 9.10. The van der Waals surface area contributed by atoms with E-state index in [0.717, 1.165) is 29.4 Å². The molecule has 0 heterocycles. The van der Waals surface area contributed by atoms with E-state index < -0.39 is 0 Å². The third-order valence-electron chi connectivity index (χ3n) is 3.80. The van der Waals surface area contributed by atoms with Crippen LogP contribution in [-0.4, -0.2) is 23.9 Å². The summed E-state index contributed by atoms with van der Waals surface area (Å²) in [6.07, 6.45) is 5.09. The van der Waals surface area contributed by atoms with E-state index in [1.165, 1.54) is 25.7 Å². The summed E-state index contributed by atoms with van der Waals surface area (Å²) in [5, 5.41) is 0.601. The van der Waals surface area contributed by atoms with Gasteiger partial charge < -0.3 is 4.90 Å². The molecule has 3 rings (SSSR count). The molecule has 19 heavy (non-hydrogen) atoms. The summed E-state index contributed by atoms with van der Waals surface area (Å²) in [5.74, 6) is 1.59. The van der Waals surface area contributed by atoms with Crippen molar-refractivity contribution < 1.29 is 4.79 Å². The molecule has 1 aromatic rings. The van der Waals surface area contributed by atoms with Gasteiger partial charge in [0, 0.05) is 23.1 Å². The molecule has 102 valence electrons. The fourth-order valence-corrected chi connectivity index (χ4v) is 2.70. The third-order valence-corrected chi connectivity index (χ3v) is 5.04. The monoisotopic (exact) mass is 341 g/mol. The summed E-state index contributed by atoms with van der Waals surface area (Å²) in [5.41, 5.74) is 0.703. The summed E-state index contributed by atoms with van der Waals surface area (Å²) in [6, 6.07) is 5.47. The van der Waals surface area contributed by atoms with Crippen LogP contribution in [-0.2, 0) is 0 Å². The van der Waals surface area contributed by atoms with Gasteiger partial charge in [0.2, 0.25) is 0 Å². The van der Waals surface area contributed by atoms with E-state index in [1.807, 2.05) is 17.0 Å². The summed E-state index contributed by atoms with van der Waals surface area (Å²) >= 11 is 9.44. The molecule has 4 heteroatoms. The molecule has 0 atom stereocenters. The Labute approximate surface area is 127 Å². The molecule has 0 radical (unpaired) electrons. The van der Waals surface area contributed by atoms with Gasteiger partial charge in [0.1, 0.15) is 0 Å². The number of hydrogen-bond acceptors (Lipinski definition) is 1. The van der Waals surface area contributed by atoms with Crippen molar-refractivity contribution in [2.45, 2.75) is 25.7 Å². The minimum absolute atomic E-state index is 0.133. The molecule has 0 unspecified atom stereocenters. The molecule has 0 saturated heterocycles. The molecule has 2 fully saturated rings. The highest BCUT2D eigenvalue weighted by Gasteiger charge is 2.31. The second kappa shape index (κ2) is 5.45. The van der Waals surface area contributed by atoms with Gasteiger partial charge in [-0.3, -0.25) is 4.79 Å². The third kappa shape index (κ3) is 3.51. The average Bonchev–Trinajstić information content (AvgIpc) is 3.26. The average molecular weight is 343 g/mol. The summed E-state index contributed by atoms with van der Waals surface area (Å²) < 4.78 is 0.835. The number of carbonyl (C=O) groups is 1. The Morgan fingerprint density at radius 3 is 2.26 bits per heavy atom.